The van der Waals surface area contributed by atoms with Crippen LogP contribution in [0.2, 0.25) is 0 Å². The van der Waals surface area contributed by atoms with Gasteiger partial charge in [-0.05, 0) is 11.8 Å². The second kappa shape index (κ2) is 7.68. The maximum Gasteiger partial charge on any atom is 0.305 e. The number of aliphatic carboxylic acids is 1. The molecule has 2 N–H and O–H groups in total. The molecule has 0 aliphatic carbocycles. The number of carbonyl (C=O) groups is 3. The summed E-state index contributed by atoms with van der Waals surface area (Å²) < 4.78 is 0. The Kier molecular flexibility index (Phi) is 6.51. The largest absolute Gasteiger partial charge is 0.481 e. The number of hydrogen-bond donors (Lipinski definition) is 2. The highest BCUT2D eigenvalue weighted by molar-refractivity contribution is 8.13. The summed E-state index contributed by atoms with van der Waals surface area (Å²) in [5, 5.41) is 11.7. The highest BCUT2D eigenvalue weighted by Crippen LogP contribution is 2.22. The molecule has 1 aliphatic heterocycles. The standard InChI is InChI=1S/C14H24N2O4S/c1-14(2,3)9-10(8-12(18)19)15-11(17)4-5-16-6-7-21-13(16)20/h10H,4-9H2,1-3H3,(H,15,17)(H,18,19). The van der Waals surface area contributed by atoms with Crippen LogP contribution in [0.1, 0.15) is 40.0 Å². The normalized spacial score (nSPS) is 16.9. The van der Waals surface area contributed by atoms with E-state index in [1.54, 1.807) is 4.90 Å². The van der Waals surface area contributed by atoms with Crippen LogP contribution >= 0.6 is 11.8 Å². The van der Waals surface area contributed by atoms with E-state index < -0.39 is 5.97 Å². The Hall–Kier alpha value is -1.24. The fraction of sp³-hybridized carbons (Fsp3) is 0.786. The van der Waals surface area contributed by atoms with Gasteiger partial charge in [-0.2, -0.15) is 0 Å². The van der Waals surface area contributed by atoms with Gasteiger partial charge in [0.1, 0.15) is 0 Å². The molecule has 1 aliphatic rings. The molecule has 1 saturated heterocycles. The molecule has 21 heavy (non-hydrogen) atoms. The molecule has 7 heteroatoms. The number of thioether (sulfide) groups is 1. The molecule has 1 heterocycles. The van der Waals surface area contributed by atoms with E-state index in [1.807, 2.05) is 20.8 Å². The molecule has 0 aromatic heterocycles. The van der Waals surface area contributed by atoms with Crippen LogP contribution in [0, 0.1) is 5.41 Å². The van der Waals surface area contributed by atoms with E-state index in [0.29, 0.717) is 19.5 Å². The van der Waals surface area contributed by atoms with Crippen LogP contribution in [-0.2, 0) is 9.59 Å². The first kappa shape index (κ1) is 17.8. The maximum atomic E-state index is 11.9. The van der Waals surface area contributed by atoms with E-state index in [-0.39, 0.29) is 35.4 Å². The van der Waals surface area contributed by atoms with Crippen LogP contribution in [0.15, 0.2) is 0 Å². The highest BCUT2D eigenvalue weighted by atomic mass is 32.2. The van der Waals surface area contributed by atoms with Gasteiger partial charge in [0.15, 0.2) is 0 Å². The Balaban J connectivity index is 2.43. The molecule has 0 aromatic rings. The van der Waals surface area contributed by atoms with Crippen molar-refractivity contribution < 1.29 is 19.5 Å². The minimum absolute atomic E-state index is 0.0135. The molecule has 0 spiro atoms. The first-order chi connectivity index (χ1) is 9.67. The molecule has 0 bridgehead atoms. The van der Waals surface area contributed by atoms with Crippen molar-refractivity contribution in [3.8, 4) is 0 Å². The molecule has 1 fully saturated rings. The van der Waals surface area contributed by atoms with Crippen LogP contribution in [0.4, 0.5) is 4.79 Å². The SMILES string of the molecule is CC(C)(C)CC(CC(=O)O)NC(=O)CCN1CCSC1=O. The lowest BCUT2D eigenvalue weighted by Gasteiger charge is -2.26. The predicted octanol–water partition coefficient (Wildman–Crippen LogP) is 1.94. The number of amides is 2. The summed E-state index contributed by atoms with van der Waals surface area (Å²) in [7, 11) is 0. The maximum absolute atomic E-state index is 11.9. The zero-order valence-electron chi connectivity index (χ0n) is 12.8. The van der Waals surface area contributed by atoms with Crippen molar-refractivity contribution in [3.05, 3.63) is 0 Å². The zero-order chi connectivity index (χ0) is 16.0. The first-order valence-electron chi connectivity index (χ1n) is 7.10. The number of nitrogens with zero attached hydrogens (tertiary/aromatic N) is 1. The molecule has 2 amide bonds. The summed E-state index contributed by atoms with van der Waals surface area (Å²) in [6.07, 6.45) is 0.734. The molecule has 120 valence electrons. The fourth-order valence-electron chi connectivity index (χ4n) is 2.29. The molecule has 0 saturated carbocycles. The Labute approximate surface area is 129 Å². The van der Waals surface area contributed by atoms with Crippen molar-refractivity contribution in [1.29, 1.82) is 0 Å². The van der Waals surface area contributed by atoms with Crippen LogP contribution in [0.5, 0.6) is 0 Å². The number of carboxylic acid groups (broad SMARTS) is 1. The third kappa shape index (κ3) is 7.36. The van der Waals surface area contributed by atoms with Crippen LogP contribution in [-0.4, -0.2) is 52.0 Å². The van der Waals surface area contributed by atoms with Crippen molar-refractivity contribution in [2.24, 2.45) is 5.41 Å². The van der Waals surface area contributed by atoms with E-state index in [0.717, 1.165) is 5.75 Å². The third-order valence-electron chi connectivity index (χ3n) is 3.10. The van der Waals surface area contributed by atoms with Gasteiger partial charge in [-0.25, -0.2) is 0 Å². The lowest BCUT2D eigenvalue weighted by atomic mass is 9.87. The number of rotatable bonds is 7. The Bertz CT molecular complexity index is 406. The van der Waals surface area contributed by atoms with Gasteiger partial charge >= 0.3 is 5.97 Å². The van der Waals surface area contributed by atoms with Gasteiger partial charge < -0.3 is 15.3 Å². The van der Waals surface area contributed by atoms with E-state index in [9.17, 15) is 14.4 Å². The lowest BCUT2D eigenvalue weighted by molar-refractivity contribution is -0.137. The molecule has 1 unspecified atom stereocenters. The highest BCUT2D eigenvalue weighted by Gasteiger charge is 2.24. The molecule has 6 nitrogen and oxygen atoms in total. The first-order valence-corrected chi connectivity index (χ1v) is 8.09. The fourth-order valence-corrected chi connectivity index (χ4v) is 3.14. The van der Waals surface area contributed by atoms with E-state index in [4.69, 9.17) is 5.11 Å². The van der Waals surface area contributed by atoms with Gasteiger partial charge in [0.2, 0.25) is 5.91 Å². The summed E-state index contributed by atoms with van der Waals surface area (Å²) in [6, 6.07) is -0.376. The lowest BCUT2D eigenvalue weighted by Crippen LogP contribution is -2.40. The molecule has 0 radical (unpaired) electrons. The smallest absolute Gasteiger partial charge is 0.305 e. The van der Waals surface area contributed by atoms with Crippen molar-refractivity contribution in [2.75, 3.05) is 18.8 Å². The molecule has 1 rings (SSSR count). The van der Waals surface area contributed by atoms with Crippen LogP contribution < -0.4 is 5.32 Å². The van der Waals surface area contributed by atoms with E-state index >= 15 is 0 Å². The number of carbonyl (C=O) groups excluding carboxylic acids is 2. The summed E-state index contributed by atoms with van der Waals surface area (Å²) in [6.45, 7) is 7.10. The summed E-state index contributed by atoms with van der Waals surface area (Å²) in [4.78, 5) is 35.9. The average molecular weight is 316 g/mol. The van der Waals surface area contributed by atoms with E-state index in [1.165, 1.54) is 11.8 Å². The Morgan fingerprint density at radius 3 is 2.57 bits per heavy atom. The summed E-state index contributed by atoms with van der Waals surface area (Å²) >= 11 is 1.26. The van der Waals surface area contributed by atoms with Gasteiger partial charge in [0.05, 0.1) is 6.42 Å². The van der Waals surface area contributed by atoms with Crippen molar-refractivity contribution in [3.63, 3.8) is 0 Å². The van der Waals surface area contributed by atoms with Gasteiger partial charge in [-0.3, -0.25) is 14.4 Å². The Morgan fingerprint density at radius 1 is 1.43 bits per heavy atom. The summed E-state index contributed by atoms with van der Waals surface area (Å²) in [5.74, 6) is -0.350. The average Bonchev–Trinajstić information content (AvgIpc) is 2.69. The third-order valence-corrected chi connectivity index (χ3v) is 3.99. The van der Waals surface area contributed by atoms with Gasteiger partial charge in [-0.1, -0.05) is 32.5 Å². The van der Waals surface area contributed by atoms with Gasteiger partial charge in [0.25, 0.3) is 5.24 Å². The molecule has 0 aromatic carbocycles. The second-order valence-corrected chi connectivity index (χ2v) is 7.52. The molecule has 1 atom stereocenters. The van der Waals surface area contributed by atoms with Gasteiger partial charge in [-0.15, -0.1) is 0 Å². The number of carboxylic acids is 1. The predicted molar refractivity (Wildman–Crippen MR) is 82.3 cm³/mol. The molecular weight excluding hydrogens is 292 g/mol. The van der Waals surface area contributed by atoms with E-state index in [2.05, 4.69) is 5.32 Å². The minimum atomic E-state index is -0.921. The van der Waals surface area contributed by atoms with Crippen molar-refractivity contribution in [1.82, 2.24) is 10.2 Å². The molecular formula is C14H24N2O4S. The summed E-state index contributed by atoms with van der Waals surface area (Å²) in [5.41, 5.74) is -0.0606. The topological polar surface area (TPSA) is 86.7 Å². The Morgan fingerprint density at radius 2 is 2.10 bits per heavy atom. The minimum Gasteiger partial charge on any atom is -0.481 e. The second-order valence-electron chi connectivity index (χ2n) is 6.48. The number of nitrogens with one attached hydrogen (secondary N) is 1. The quantitative estimate of drug-likeness (QED) is 0.749. The van der Waals surface area contributed by atoms with Gasteiger partial charge in [0, 0.05) is 31.3 Å². The monoisotopic (exact) mass is 316 g/mol. The van der Waals surface area contributed by atoms with Crippen molar-refractivity contribution >= 4 is 28.9 Å². The van der Waals surface area contributed by atoms with Crippen molar-refractivity contribution in [2.45, 2.75) is 46.1 Å². The number of hydrogen-bond acceptors (Lipinski definition) is 4. The zero-order valence-corrected chi connectivity index (χ0v) is 13.7. The van der Waals surface area contributed by atoms with Crippen LogP contribution in [0.3, 0.4) is 0 Å². The van der Waals surface area contributed by atoms with Crippen LogP contribution in [0.25, 0.3) is 0 Å².